The summed E-state index contributed by atoms with van der Waals surface area (Å²) in [7, 11) is 0. The Balaban J connectivity index is 3.01. The first-order valence-corrected chi connectivity index (χ1v) is 7.41. The van der Waals surface area contributed by atoms with E-state index < -0.39 is 11.6 Å². The molecule has 0 saturated heterocycles. The van der Waals surface area contributed by atoms with Crippen LogP contribution in [0.4, 0.5) is 8.78 Å². The van der Waals surface area contributed by atoms with Crippen LogP contribution in [0.25, 0.3) is 0 Å². The largest absolute Gasteiger partial charge is 0.377 e. The van der Waals surface area contributed by atoms with E-state index in [0.717, 1.165) is 0 Å². The Morgan fingerprint density at radius 2 is 2.00 bits per heavy atom. The highest BCUT2D eigenvalue weighted by Gasteiger charge is 2.27. The van der Waals surface area contributed by atoms with Crippen molar-refractivity contribution in [3.63, 3.8) is 0 Å². The van der Waals surface area contributed by atoms with Gasteiger partial charge in [-0.05, 0) is 47.3 Å². The molecule has 2 unspecified atom stereocenters. The van der Waals surface area contributed by atoms with Gasteiger partial charge in [-0.15, -0.1) is 0 Å². The molecule has 0 amide bonds. The predicted octanol–water partition coefficient (Wildman–Crippen LogP) is 3.16. The molecular weight excluding hydrogens is 330 g/mol. The molecular formula is C14H21BrF2N2O. The maximum atomic E-state index is 14.0. The minimum Gasteiger partial charge on any atom is -0.377 e. The first kappa shape index (κ1) is 17.5. The highest BCUT2D eigenvalue weighted by molar-refractivity contribution is 9.10. The zero-order valence-electron chi connectivity index (χ0n) is 11.9. The van der Waals surface area contributed by atoms with Crippen LogP contribution in [-0.2, 0) is 11.2 Å². The highest BCUT2D eigenvalue weighted by Crippen LogP contribution is 2.24. The van der Waals surface area contributed by atoms with Crippen LogP contribution >= 0.6 is 15.9 Å². The zero-order valence-corrected chi connectivity index (χ0v) is 13.5. The second kappa shape index (κ2) is 8.02. The molecule has 3 nitrogen and oxygen atoms in total. The van der Waals surface area contributed by atoms with Crippen molar-refractivity contribution in [1.29, 1.82) is 0 Å². The summed E-state index contributed by atoms with van der Waals surface area (Å²) in [5, 5.41) is 0. The molecule has 6 heteroatoms. The normalized spacial score (nSPS) is 14.6. The van der Waals surface area contributed by atoms with E-state index in [0.29, 0.717) is 6.61 Å². The van der Waals surface area contributed by atoms with Crippen LogP contribution in [0.3, 0.4) is 0 Å². The van der Waals surface area contributed by atoms with Gasteiger partial charge in [0.05, 0.1) is 16.6 Å². The maximum absolute atomic E-state index is 14.0. The van der Waals surface area contributed by atoms with E-state index in [1.54, 1.807) is 0 Å². The van der Waals surface area contributed by atoms with Gasteiger partial charge in [-0.25, -0.2) is 8.78 Å². The quantitative estimate of drug-likeness (QED) is 0.451. The molecule has 0 saturated carbocycles. The fraction of sp³-hybridized carbons (Fsp3) is 0.571. The number of nitrogens with two attached hydrogens (primary N) is 1. The predicted molar refractivity (Wildman–Crippen MR) is 79.1 cm³/mol. The zero-order chi connectivity index (χ0) is 15.3. The first-order valence-electron chi connectivity index (χ1n) is 6.62. The van der Waals surface area contributed by atoms with Gasteiger partial charge < -0.3 is 4.74 Å². The van der Waals surface area contributed by atoms with Gasteiger partial charge in [0.2, 0.25) is 0 Å². The highest BCUT2D eigenvalue weighted by atomic mass is 79.9. The lowest BCUT2D eigenvalue weighted by Gasteiger charge is -2.29. The minimum absolute atomic E-state index is 0.00711. The van der Waals surface area contributed by atoms with Crippen LogP contribution in [0.1, 0.15) is 26.3 Å². The summed E-state index contributed by atoms with van der Waals surface area (Å²) >= 11 is 3.06. The molecule has 0 aromatic heterocycles. The van der Waals surface area contributed by atoms with Crippen molar-refractivity contribution in [2.75, 3.05) is 6.61 Å². The lowest BCUT2D eigenvalue weighted by molar-refractivity contribution is 0.00321. The van der Waals surface area contributed by atoms with Gasteiger partial charge in [-0.3, -0.25) is 11.3 Å². The van der Waals surface area contributed by atoms with Crippen LogP contribution in [0.2, 0.25) is 0 Å². The van der Waals surface area contributed by atoms with Gasteiger partial charge in [0, 0.05) is 12.2 Å². The molecule has 0 bridgehead atoms. The monoisotopic (exact) mass is 350 g/mol. The first-order chi connectivity index (χ1) is 9.42. The lowest BCUT2D eigenvalue weighted by Crippen LogP contribution is -2.49. The molecule has 0 radical (unpaired) electrons. The number of ether oxygens (including phenoxy) is 1. The summed E-state index contributed by atoms with van der Waals surface area (Å²) in [6.45, 7) is 6.37. The van der Waals surface area contributed by atoms with Crippen molar-refractivity contribution in [3.8, 4) is 0 Å². The van der Waals surface area contributed by atoms with Crippen molar-refractivity contribution >= 4 is 15.9 Å². The van der Waals surface area contributed by atoms with Crippen molar-refractivity contribution in [2.45, 2.75) is 39.3 Å². The second-order valence-electron chi connectivity index (χ2n) is 4.96. The van der Waals surface area contributed by atoms with Crippen LogP contribution in [0.5, 0.6) is 0 Å². The Morgan fingerprint density at radius 1 is 1.35 bits per heavy atom. The molecule has 0 fully saturated rings. The van der Waals surface area contributed by atoms with Crippen LogP contribution < -0.4 is 11.3 Å². The van der Waals surface area contributed by atoms with Crippen molar-refractivity contribution in [1.82, 2.24) is 5.43 Å². The fourth-order valence-corrected chi connectivity index (χ4v) is 2.58. The SMILES string of the molecule is CCOC(C(C)C)C(Cc1c(F)ccc(Br)c1F)NN. The molecule has 0 aliphatic carbocycles. The summed E-state index contributed by atoms with van der Waals surface area (Å²) in [4.78, 5) is 0. The molecule has 1 aromatic carbocycles. The van der Waals surface area contributed by atoms with Gasteiger partial charge in [0.1, 0.15) is 11.6 Å². The van der Waals surface area contributed by atoms with Gasteiger partial charge in [0.25, 0.3) is 0 Å². The fourth-order valence-electron chi connectivity index (χ4n) is 2.21. The van der Waals surface area contributed by atoms with E-state index in [1.807, 2.05) is 20.8 Å². The Kier molecular flexibility index (Phi) is 7.02. The number of benzene rings is 1. The van der Waals surface area contributed by atoms with Gasteiger partial charge in [0.15, 0.2) is 0 Å². The Hall–Kier alpha value is -0.560. The maximum Gasteiger partial charge on any atom is 0.143 e. The molecule has 1 rings (SSSR count). The average molecular weight is 351 g/mol. The molecule has 114 valence electrons. The summed E-state index contributed by atoms with van der Waals surface area (Å²) in [5.41, 5.74) is 2.62. The van der Waals surface area contributed by atoms with Crippen molar-refractivity contribution in [3.05, 3.63) is 33.8 Å². The van der Waals surface area contributed by atoms with E-state index in [1.165, 1.54) is 12.1 Å². The number of halogens is 3. The summed E-state index contributed by atoms with van der Waals surface area (Å²) in [6, 6.07) is 2.22. The number of hydrazine groups is 1. The molecule has 0 heterocycles. The topological polar surface area (TPSA) is 47.3 Å². The lowest BCUT2D eigenvalue weighted by atomic mass is 9.94. The van der Waals surface area contributed by atoms with Crippen molar-refractivity contribution < 1.29 is 13.5 Å². The third kappa shape index (κ3) is 4.22. The second-order valence-corrected chi connectivity index (χ2v) is 5.82. The Bertz CT molecular complexity index is 443. The molecule has 2 atom stereocenters. The number of hydrogen-bond donors (Lipinski definition) is 2. The minimum atomic E-state index is -0.593. The van der Waals surface area contributed by atoms with Gasteiger partial charge >= 0.3 is 0 Å². The Morgan fingerprint density at radius 3 is 2.50 bits per heavy atom. The summed E-state index contributed by atoms with van der Waals surface area (Å²) in [5.74, 6) is 4.54. The number of hydrogen-bond acceptors (Lipinski definition) is 3. The smallest absolute Gasteiger partial charge is 0.143 e. The third-order valence-electron chi connectivity index (χ3n) is 3.19. The van der Waals surface area contributed by atoms with E-state index in [2.05, 4.69) is 21.4 Å². The molecule has 0 aliphatic heterocycles. The summed E-state index contributed by atoms with van der Waals surface area (Å²) in [6.07, 6.45) is -0.0982. The molecule has 20 heavy (non-hydrogen) atoms. The standard InChI is InChI=1S/C14H21BrF2N2O/c1-4-20-14(8(2)3)12(19-18)7-9-11(16)6-5-10(15)13(9)17/h5-6,8,12,14,19H,4,7,18H2,1-3H3. The van der Waals surface area contributed by atoms with Gasteiger partial charge in [-0.2, -0.15) is 0 Å². The van der Waals surface area contributed by atoms with Crippen LogP contribution in [0, 0.1) is 17.6 Å². The van der Waals surface area contributed by atoms with Crippen LogP contribution in [-0.4, -0.2) is 18.8 Å². The molecule has 0 spiro atoms. The van der Waals surface area contributed by atoms with Crippen LogP contribution in [0.15, 0.2) is 16.6 Å². The molecule has 0 aliphatic rings. The molecule has 3 N–H and O–H groups in total. The third-order valence-corrected chi connectivity index (χ3v) is 3.80. The number of rotatable bonds is 7. The average Bonchev–Trinajstić information content (AvgIpc) is 2.41. The number of nitrogens with one attached hydrogen (secondary N) is 1. The van der Waals surface area contributed by atoms with E-state index in [9.17, 15) is 8.78 Å². The van der Waals surface area contributed by atoms with Gasteiger partial charge in [-0.1, -0.05) is 13.8 Å². The van der Waals surface area contributed by atoms with E-state index in [4.69, 9.17) is 10.6 Å². The molecule has 1 aromatic rings. The summed E-state index contributed by atoms with van der Waals surface area (Å²) < 4.78 is 33.7. The van der Waals surface area contributed by atoms with E-state index in [-0.39, 0.29) is 34.5 Å². The van der Waals surface area contributed by atoms with Crippen molar-refractivity contribution in [2.24, 2.45) is 11.8 Å². The Labute approximate surface area is 127 Å². The van der Waals surface area contributed by atoms with E-state index >= 15 is 0 Å².